The van der Waals surface area contributed by atoms with Crippen molar-refractivity contribution >= 4 is 5.91 Å². The molecule has 0 saturated heterocycles. The Bertz CT molecular complexity index is 241. The van der Waals surface area contributed by atoms with E-state index < -0.39 is 0 Å². The monoisotopic (exact) mass is 257 g/mol. The fourth-order valence-electron chi connectivity index (χ4n) is 2.50. The van der Waals surface area contributed by atoms with Gasteiger partial charge in [0.15, 0.2) is 0 Å². The molecule has 0 unspecified atom stereocenters. The standard InChI is InChI=1S/C15H31NO2/c1-14(2,3)11-15(4,5)12-16-13(18)9-7-6-8-10-17/h17H,6-12H2,1-5H3,(H,16,18). The van der Waals surface area contributed by atoms with Crippen LogP contribution in [0.5, 0.6) is 0 Å². The van der Waals surface area contributed by atoms with Crippen molar-refractivity contribution < 1.29 is 9.90 Å². The van der Waals surface area contributed by atoms with Gasteiger partial charge in [-0.25, -0.2) is 0 Å². The first-order valence-corrected chi connectivity index (χ1v) is 7.04. The zero-order valence-corrected chi connectivity index (χ0v) is 12.8. The number of nitrogens with one attached hydrogen (secondary N) is 1. The quantitative estimate of drug-likeness (QED) is 0.656. The first-order valence-electron chi connectivity index (χ1n) is 7.04. The lowest BCUT2D eigenvalue weighted by Crippen LogP contribution is -2.36. The molecule has 0 aliphatic heterocycles. The lowest BCUT2D eigenvalue weighted by atomic mass is 9.76. The van der Waals surface area contributed by atoms with Crippen molar-refractivity contribution in [3.8, 4) is 0 Å². The smallest absolute Gasteiger partial charge is 0.220 e. The minimum atomic E-state index is 0.134. The van der Waals surface area contributed by atoms with Crippen LogP contribution in [0.3, 0.4) is 0 Å². The topological polar surface area (TPSA) is 49.3 Å². The molecular formula is C15H31NO2. The fraction of sp³-hybridized carbons (Fsp3) is 0.933. The Hall–Kier alpha value is -0.570. The Balaban J connectivity index is 3.83. The zero-order valence-electron chi connectivity index (χ0n) is 12.8. The van der Waals surface area contributed by atoms with Gasteiger partial charge in [0.1, 0.15) is 0 Å². The molecule has 0 aromatic heterocycles. The van der Waals surface area contributed by atoms with Crippen LogP contribution in [-0.2, 0) is 4.79 Å². The summed E-state index contributed by atoms with van der Waals surface area (Å²) in [6, 6.07) is 0. The number of aliphatic hydroxyl groups is 1. The molecule has 3 nitrogen and oxygen atoms in total. The summed E-state index contributed by atoms with van der Waals surface area (Å²) in [5.41, 5.74) is 0.425. The fourth-order valence-corrected chi connectivity index (χ4v) is 2.50. The molecule has 0 atom stereocenters. The Kier molecular flexibility index (Phi) is 7.53. The van der Waals surface area contributed by atoms with Crippen molar-refractivity contribution in [3.63, 3.8) is 0 Å². The van der Waals surface area contributed by atoms with Gasteiger partial charge in [0, 0.05) is 19.6 Å². The minimum Gasteiger partial charge on any atom is -0.396 e. The van der Waals surface area contributed by atoms with E-state index in [1.807, 2.05) is 0 Å². The van der Waals surface area contributed by atoms with Gasteiger partial charge in [-0.05, 0) is 30.1 Å². The lowest BCUT2D eigenvalue weighted by molar-refractivity contribution is -0.121. The van der Waals surface area contributed by atoms with Gasteiger partial charge in [-0.1, -0.05) is 41.0 Å². The second kappa shape index (κ2) is 7.78. The summed E-state index contributed by atoms with van der Waals surface area (Å²) in [7, 11) is 0. The number of rotatable bonds is 8. The molecule has 108 valence electrons. The number of hydrogen-bond donors (Lipinski definition) is 2. The predicted molar refractivity (Wildman–Crippen MR) is 76.4 cm³/mol. The summed E-state index contributed by atoms with van der Waals surface area (Å²) in [6.45, 7) is 12.0. The Morgan fingerprint density at radius 2 is 1.67 bits per heavy atom. The van der Waals surface area contributed by atoms with Crippen molar-refractivity contribution in [1.29, 1.82) is 0 Å². The molecule has 0 bridgehead atoms. The van der Waals surface area contributed by atoms with Crippen molar-refractivity contribution in [2.75, 3.05) is 13.2 Å². The third-order valence-corrected chi connectivity index (χ3v) is 2.83. The molecule has 0 radical (unpaired) electrons. The molecule has 1 amide bonds. The van der Waals surface area contributed by atoms with Gasteiger partial charge < -0.3 is 10.4 Å². The van der Waals surface area contributed by atoms with Crippen molar-refractivity contribution in [1.82, 2.24) is 5.32 Å². The molecular weight excluding hydrogens is 226 g/mol. The molecule has 3 heteroatoms. The van der Waals surface area contributed by atoms with Crippen LogP contribution in [0.1, 0.15) is 66.7 Å². The van der Waals surface area contributed by atoms with Gasteiger partial charge >= 0.3 is 0 Å². The maximum absolute atomic E-state index is 11.6. The second-order valence-electron chi connectivity index (χ2n) is 7.21. The number of hydrogen-bond acceptors (Lipinski definition) is 2. The van der Waals surface area contributed by atoms with E-state index in [0.29, 0.717) is 6.42 Å². The zero-order chi connectivity index (χ0) is 14.2. The van der Waals surface area contributed by atoms with E-state index in [1.165, 1.54) is 0 Å². The Morgan fingerprint density at radius 3 is 2.17 bits per heavy atom. The summed E-state index contributed by atoms with van der Waals surface area (Å²) in [5.74, 6) is 0.134. The van der Waals surface area contributed by atoms with Crippen LogP contribution in [-0.4, -0.2) is 24.2 Å². The van der Waals surface area contributed by atoms with E-state index in [-0.39, 0.29) is 23.3 Å². The molecule has 0 spiro atoms. The largest absolute Gasteiger partial charge is 0.396 e. The van der Waals surface area contributed by atoms with E-state index >= 15 is 0 Å². The molecule has 0 saturated carbocycles. The van der Waals surface area contributed by atoms with E-state index in [0.717, 1.165) is 32.2 Å². The highest BCUT2D eigenvalue weighted by atomic mass is 16.2. The molecule has 0 rings (SSSR count). The van der Waals surface area contributed by atoms with Crippen LogP contribution in [0, 0.1) is 10.8 Å². The van der Waals surface area contributed by atoms with Crippen molar-refractivity contribution in [3.05, 3.63) is 0 Å². The number of unbranched alkanes of at least 4 members (excludes halogenated alkanes) is 2. The third-order valence-electron chi connectivity index (χ3n) is 2.83. The first kappa shape index (κ1) is 17.4. The maximum Gasteiger partial charge on any atom is 0.220 e. The molecule has 0 aromatic carbocycles. The predicted octanol–water partition coefficient (Wildman–Crippen LogP) is 3.12. The molecule has 18 heavy (non-hydrogen) atoms. The number of amides is 1. The second-order valence-corrected chi connectivity index (χ2v) is 7.21. The van der Waals surface area contributed by atoms with Gasteiger partial charge in [0.05, 0.1) is 0 Å². The Morgan fingerprint density at radius 1 is 1.06 bits per heavy atom. The highest BCUT2D eigenvalue weighted by molar-refractivity contribution is 5.75. The normalized spacial score (nSPS) is 12.6. The van der Waals surface area contributed by atoms with E-state index in [9.17, 15) is 4.79 Å². The van der Waals surface area contributed by atoms with Crippen LogP contribution in [0.4, 0.5) is 0 Å². The lowest BCUT2D eigenvalue weighted by Gasteiger charge is -2.32. The molecule has 0 aromatic rings. The van der Waals surface area contributed by atoms with Crippen LogP contribution in [0.15, 0.2) is 0 Å². The SMILES string of the molecule is CC(C)(C)CC(C)(C)CNC(=O)CCCCCO. The third kappa shape index (κ3) is 10.6. The van der Waals surface area contributed by atoms with Crippen LogP contribution in [0.2, 0.25) is 0 Å². The highest BCUT2D eigenvalue weighted by Gasteiger charge is 2.25. The summed E-state index contributed by atoms with van der Waals surface area (Å²) in [5, 5.41) is 11.7. The summed E-state index contributed by atoms with van der Waals surface area (Å²) >= 11 is 0. The van der Waals surface area contributed by atoms with Gasteiger partial charge in [-0.2, -0.15) is 0 Å². The summed E-state index contributed by atoms with van der Waals surface area (Å²) < 4.78 is 0. The first-order chi connectivity index (χ1) is 8.16. The minimum absolute atomic E-state index is 0.134. The molecule has 0 heterocycles. The number of carbonyl (C=O) groups excluding carboxylic acids is 1. The van der Waals surface area contributed by atoms with E-state index in [4.69, 9.17) is 5.11 Å². The van der Waals surface area contributed by atoms with E-state index in [1.54, 1.807) is 0 Å². The average molecular weight is 257 g/mol. The average Bonchev–Trinajstić information content (AvgIpc) is 2.18. The van der Waals surface area contributed by atoms with Crippen molar-refractivity contribution in [2.24, 2.45) is 10.8 Å². The molecule has 0 aliphatic carbocycles. The summed E-state index contributed by atoms with van der Waals surface area (Å²) in [4.78, 5) is 11.6. The van der Waals surface area contributed by atoms with Crippen LogP contribution < -0.4 is 5.32 Å². The molecule has 2 N–H and O–H groups in total. The molecule has 0 fully saturated rings. The van der Waals surface area contributed by atoms with Gasteiger partial charge in [0.2, 0.25) is 5.91 Å². The Labute approximate surface area is 112 Å². The maximum atomic E-state index is 11.6. The van der Waals surface area contributed by atoms with E-state index in [2.05, 4.69) is 39.9 Å². The van der Waals surface area contributed by atoms with Gasteiger partial charge in [-0.3, -0.25) is 4.79 Å². The number of aliphatic hydroxyl groups excluding tert-OH is 1. The van der Waals surface area contributed by atoms with Gasteiger partial charge in [0.25, 0.3) is 0 Å². The number of carbonyl (C=O) groups is 1. The van der Waals surface area contributed by atoms with Crippen LogP contribution in [0.25, 0.3) is 0 Å². The van der Waals surface area contributed by atoms with Crippen molar-refractivity contribution in [2.45, 2.75) is 66.7 Å². The summed E-state index contributed by atoms with van der Waals surface area (Å²) in [6.07, 6.45) is 4.25. The van der Waals surface area contributed by atoms with Gasteiger partial charge in [-0.15, -0.1) is 0 Å². The highest BCUT2D eigenvalue weighted by Crippen LogP contribution is 2.32. The molecule has 0 aliphatic rings. The van der Waals surface area contributed by atoms with Crippen LogP contribution >= 0.6 is 0 Å².